The van der Waals surface area contributed by atoms with Gasteiger partial charge >= 0.3 is 5.97 Å². The summed E-state index contributed by atoms with van der Waals surface area (Å²) in [7, 11) is 2.27. The normalized spacial score (nSPS) is 10.6. The fourth-order valence-electron chi connectivity index (χ4n) is 2.15. The Kier molecular flexibility index (Phi) is 3.99. The molecular weight excluding hydrogens is 296 g/mol. The van der Waals surface area contributed by atoms with Gasteiger partial charge in [-0.05, 0) is 13.0 Å². The number of allylic oxidation sites excluding steroid dienone is 1. The number of methoxy groups -OCH3 is 2. The molecule has 0 amide bonds. The molecule has 0 saturated carbocycles. The summed E-state index contributed by atoms with van der Waals surface area (Å²) in [5, 5.41) is -0.207. The first-order valence-corrected chi connectivity index (χ1v) is 6.19. The van der Waals surface area contributed by atoms with Crippen LogP contribution in [0.5, 0.6) is 5.75 Å². The molecule has 7 heteroatoms. The lowest BCUT2D eigenvalue weighted by Crippen LogP contribution is -2.20. The molecule has 0 spiro atoms. The SMILES string of the molecule is C=C(C)n1cc(C(=O)OC)c(=O)c2cc(F)c(F)c(OC)c21. The topological polar surface area (TPSA) is 57.5 Å². The van der Waals surface area contributed by atoms with E-state index in [1.807, 2.05) is 0 Å². The Labute approximate surface area is 124 Å². The number of hydrogen-bond acceptors (Lipinski definition) is 4. The van der Waals surface area contributed by atoms with E-state index >= 15 is 0 Å². The maximum Gasteiger partial charge on any atom is 0.343 e. The average molecular weight is 309 g/mol. The highest BCUT2D eigenvalue weighted by molar-refractivity contribution is 5.96. The smallest absolute Gasteiger partial charge is 0.343 e. The lowest BCUT2D eigenvalue weighted by atomic mass is 10.1. The lowest BCUT2D eigenvalue weighted by Gasteiger charge is -2.16. The summed E-state index contributed by atoms with van der Waals surface area (Å²) in [6, 6.07) is 0.724. The maximum atomic E-state index is 13.9. The Bertz CT molecular complexity index is 855. The third-order valence-corrected chi connectivity index (χ3v) is 3.16. The van der Waals surface area contributed by atoms with Crippen molar-refractivity contribution in [2.45, 2.75) is 6.92 Å². The number of fused-ring (bicyclic) bond motifs is 1. The van der Waals surface area contributed by atoms with Crippen molar-refractivity contribution < 1.29 is 23.0 Å². The van der Waals surface area contributed by atoms with Gasteiger partial charge in [-0.3, -0.25) is 4.79 Å². The number of carbonyl (C=O) groups excluding carboxylic acids is 1. The molecule has 1 aromatic heterocycles. The van der Waals surface area contributed by atoms with Crippen LogP contribution < -0.4 is 10.2 Å². The Morgan fingerprint density at radius 1 is 1.32 bits per heavy atom. The zero-order valence-electron chi connectivity index (χ0n) is 12.2. The van der Waals surface area contributed by atoms with Gasteiger partial charge in [-0.25, -0.2) is 9.18 Å². The van der Waals surface area contributed by atoms with E-state index in [0.717, 1.165) is 20.3 Å². The third kappa shape index (κ3) is 2.24. The second kappa shape index (κ2) is 5.59. The maximum absolute atomic E-state index is 13.9. The zero-order valence-corrected chi connectivity index (χ0v) is 12.2. The first kappa shape index (κ1) is 15.7. The molecule has 2 rings (SSSR count). The van der Waals surface area contributed by atoms with Gasteiger partial charge < -0.3 is 14.0 Å². The summed E-state index contributed by atoms with van der Waals surface area (Å²) >= 11 is 0. The Hall–Kier alpha value is -2.70. The molecule has 0 aliphatic heterocycles. The molecule has 0 aliphatic rings. The highest BCUT2D eigenvalue weighted by Gasteiger charge is 2.23. The summed E-state index contributed by atoms with van der Waals surface area (Å²) in [6.07, 6.45) is 1.17. The van der Waals surface area contributed by atoms with E-state index in [9.17, 15) is 18.4 Å². The summed E-state index contributed by atoms with van der Waals surface area (Å²) in [6.45, 7) is 5.27. The van der Waals surface area contributed by atoms with Crippen molar-refractivity contribution in [2.24, 2.45) is 0 Å². The molecule has 22 heavy (non-hydrogen) atoms. The number of ether oxygens (including phenoxy) is 2. The molecule has 0 aliphatic carbocycles. The quantitative estimate of drug-likeness (QED) is 0.818. The first-order chi connectivity index (χ1) is 10.3. The van der Waals surface area contributed by atoms with Crippen molar-refractivity contribution in [3.63, 3.8) is 0 Å². The number of carbonyl (C=O) groups is 1. The van der Waals surface area contributed by atoms with Gasteiger partial charge in [0.05, 0.1) is 19.6 Å². The van der Waals surface area contributed by atoms with E-state index in [4.69, 9.17) is 4.74 Å². The molecule has 0 N–H and O–H groups in total. The number of benzene rings is 1. The van der Waals surface area contributed by atoms with Gasteiger partial charge in [-0.1, -0.05) is 6.58 Å². The number of rotatable bonds is 3. The van der Waals surface area contributed by atoms with Crippen molar-refractivity contribution >= 4 is 22.6 Å². The van der Waals surface area contributed by atoms with Crippen LogP contribution in [-0.2, 0) is 4.74 Å². The predicted octanol–water partition coefficient (Wildman–Crippen LogP) is 2.57. The Morgan fingerprint density at radius 3 is 2.45 bits per heavy atom. The molecule has 5 nitrogen and oxygen atoms in total. The van der Waals surface area contributed by atoms with Crippen LogP contribution in [0.1, 0.15) is 17.3 Å². The van der Waals surface area contributed by atoms with E-state index < -0.39 is 28.8 Å². The van der Waals surface area contributed by atoms with Gasteiger partial charge in [-0.15, -0.1) is 0 Å². The van der Waals surface area contributed by atoms with E-state index in [0.29, 0.717) is 5.70 Å². The lowest BCUT2D eigenvalue weighted by molar-refractivity contribution is 0.0599. The minimum Gasteiger partial charge on any atom is -0.491 e. The van der Waals surface area contributed by atoms with Gasteiger partial charge in [-0.2, -0.15) is 4.39 Å². The molecule has 2 aromatic rings. The summed E-state index contributed by atoms with van der Waals surface area (Å²) in [5.41, 5.74) is -0.728. The van der Waals surface area contributed by atoms with Gasteiger partial charge in [0.25, 0.3) is 0 Å². The van der Waals surface area contributed by atoms with Crippen LogP contribution in [0.15, 0.2) is 23.6 Å². The number of nitrogens with zero attached hydrogens (tertiary/aromatic N) is 1. The average Bonchev–Trinajstić information content (AvgIpc) is 2.48. The first-order valence-electron chi connectivity index (χ1n) is 6.19. The fraction of sp³-hybridized carbons (Fsp3) is 0.200. The Balaban J connectivity index is 3.10. The van der Waals surface area contributed by atoms with Crippen LogP contribution in [0.25, 0.3) is 16.6 Å². The number of pyridine rings is 1. The molecule has 0 bridgehead atoms. The molecular formula is C15H13F2NO4. The van der Waals surface area contributed by atoms with Gasteiger partial charge in [0.2, 0.25) is 11.2 Å². The summed E-state index contributed by atoms with van der Waals surface area (Å²) in [4.78, 5) is 24.0. The number of esters is 1. The summed E-state index contributed by atoms with van der Waals surface area (Å²) < 4.78 is 38.3. The molecule has 116 valence electrons. The minimum atomic E-state index is -1.25. The van der Waals surface area contributed by atoms with E-state index in [2.05, 4.69) is 11.3 Å². The standard InChI is InChI=1S/C15H13F2NO4/c1-7(2)18-6-9(15(20)22-4)13(19)8-5-10(16)11(17)14(21-3)12(8)18/h5-6H,1H2,2-4H3. The van der Waals surface area contributed by atoms with Crippen LogP contribution in [-0.4, -0.2) is 24.8 Å². The second-order valence-electron chi connectivity index (χ2n) is 4.57. The Morgan fingerprint density at radius 2 is 1.95 bits per heavy atom. The molecule has 0 saturated heterocycles. The van der Waals surface area contributed by atoms with E-state index in [1.165, 1.54) is 10.8 Å². The minimum absolute atomic E-state index is 0.00782. The molecule has 1 heterocycles. The van der Waals surface area contributed by atoms with Gasteiger partial charge in [0, 0.05) is 11.9 Å². The highest BCUT2D eigenvalue weighted by Crippen LogP contribution is 2.31. The molecule has 0 unspecified atom stereocenters. The van der Waals surface area contributed by atoms with Crippen LogP contribution >= 0.6 is 0 Å². The zero-order chi connectivity index (χ0) is 16.6. The fourth-order valence-corrected chi connectivity index (χ4v) is 2.15. The second-order valence-corrected chi connectivity index (χ2v) is 4.57. The van der Waals surface area contributed by atoms with E-state index in [-0.39, 0.29) is 16.5 Å². The third-order valence-electron chi connectivity index (χ3n) is 3.16. The highest BCUT2D eigenvalue weighted by atomic mass is 19.2. The van der Waals surface area contributed by atoms with Crippen molar-refractivity contribution in [1.82, 2.24) is 4.57 Å². The number of aromatic nitrogens is 1. The monoisotopic (exact) mass is 309 g/mol. The largest absolute Gasteiger partial charge is 0.491 e. The molecule has 0 atom stereocenters. The van der Waals surface area contributed by atoms with Crippen molar-refractivity contribution in [1.29, 1.82) is 0 Å². The molecule has 0 radical (unpaired) electrons. The van der Waals surface area contributed by atoms with Crippen LogP contribution in [0.3, 0.4) is 0 Å². The van der Waals surface area contributed by atoms with E-state index in [1.54, 1.807) is 6.92 Å². The molecule has 1 aromatic carbocycles. The van der Waals surface area contributed by atoms with Crippen LogP contribution in [0, 0.1) is 11.6 Å². The van der Waals surface area contributed by atoms with Gasteiger partial charge in [0.15, 0.2) is 11.6 Å². The molecule has 0 fully saturated rings. The predicted molar refractivity (Wildman–Crippen MR) is 77.0 cm³/mol. The van der Waals surface area contributed by atoms with Crippen molar-refractivity contribution in [2.75, 3.05) is 14.2 Å². The van der Waals surface area contributed by atoms with Crippen molar-refractivity contribution in [3.05, 3.63) is 46.3 Å². The van der Waals surface area contributed by atoms with Crippen molar-refractivity contribution in [3.8, 4) is 5.75 Å². The van der Waals surface area contributed by atoms with Gasteiger partial charge in [0.1, 0.15) is 11.1 Å². The van der Waals surface area contributed by atoms with Crippen LogP contribution in [0.4, 0.5) is 8.78 Å². The van der Waals surface area contributed by atoms with Crippen LogP contribution in [0.2, 0.25) is 0 Å². The number of halogens is 2. The summed E-state index contributed by atoms with van der Waals surface area (Å²) in [5.74, 6) is -3.80. The number of hydrogen-bond donors (Lipinski definition) is 0.